The second-order valence-corrected chi connectivity index (χ2v) is 6.32. The van der Waals surface area contributed by atoms with Crippen LogP contribution in [0.1, 0.15) is 32.8 Å². The van der Waals surface area contributed by atoms with Crippen molar-refractivity contribution >= 4 is 11.6 Å². The summed E-state index contributed by atoms with van der Waals surface area (Å²) in [4.78, 5) is 0. The van der Waals surface area contributed by atoms with Gasteiger partial charge < -0.3 is 5.32 Å². The number of rotatable bonds is 5. The van der Waals surface area contributed by atoms with Crippen LogP contribution in [0.5, 0.6) is 0 Å². The van der Waals surface area contributed by atoms with E-state index in [0.29, 0.717) is 17.4 Å². The van der Waals surface area contributed by atoms with Gasteiger partial charge >= 0.3 is 0 Å². The van der Waals surface area contributed by atoms with Crippen molar-refractivity contribution in [2.24, 2.45) is 11.3 Å². The molecule has 18 heavy (non-hydrogen) atoms. The molecule has 0 amide bonds. The first-order valence-electron chi connectivity index (χ1n) is 6.61. The molecule has 0 bridgehead atoms. The molecule has 1 aliphatic carbocycles. The van der Waals surface area contributed by atoms with E-state index in [-0.39, 0.29) is 10.8 Å². The average Bonchev–Trinajstić information content (AvgIpc) is 2.92. The van der Waals surface area contributed by atoms with Crippen molar-refractivity contribution in [3.63, 3.8) is 0 Å². The summed E-state index contributed by atoms with van der Waals surface area (Å²) < 4.78 is 13.1. The monoisotopic (exact) mass is 269 g/mol. The molecule has 1 fully saturated rings. The van der Waals surface area contributed by atoms with Crippen LogP contribution in [0.25, 0.3) is 0 Å². The Morgan fingerprint density at radius 2 is 2.17 bits per heavy atom. The molecule has 0 aliphatic heterocycles. The highest BCUT2D eigenvalue weighted by Crippen LogP contribution is 2.54. The molecule has 2 unspecified atom stereocenters. The third-order valence-corrected chi connectivity index (χ3v) is 4.27. The Kier molecular flexibility index (Phi) is 3.98. The normalized spacial score (nSPS) is 22.8. The van der Waals surface area contributed by atoms with E-state index < -0.39 is 0 Å². The highest BCUT2D eigenvalue weighted by molar-refractivity contribution is 6.30. The standard InChI is InChI=1S/C15H21ClFN/c1-4-18-14(11-9-15(11,2)3)8-10-5-6-13(17)12(16)7-10/h5-7,11,14,18H,4,8-9H2,1-3H3. The fourth-order valence-corrected chi connectivity index (χ4v) is 2.94. The van der Waals surface area contributed by atoms with E-state index in [1.165, 1.54) is 12.5 Å². The van der Waals surface area contributed by atoms with Crippen molar-refractivity contribution < 1.29 is 4.39 Å². The minimum atomic E-state index is -0.341. The van der Waals surface area contributed by atoms with Crippen LogP contribution in [0.3, 0.4) is 0 Å². The SMILES string of the molecule is CCNC(Cc1ccc(F)c(Cl)c1)C1CC1(C)C. The second kappa shape index (κ2) is 5.18. The number of hydrogen-bond donors (Lipinski definition) is 1. The van der Waals surface area contributed by atoms with Crippen LogP contribution >= 0.6 is 11.6 Å². The van der Waals surface area contributed by atoms with Crippen molar-refractivity contribution in [1.29, 1.82) is 0 Å². The molecule has 2 rings (SSSR count). The molecule has 1 nitrogen and oxygen atoms in total. The van der Waals surface area contributed by atoms with E-state index >= 15 is 0 Å². The minimum absolute atomic E-state index is 0.220. The van der Waals surface area contributed by atoms with Gasteiger partial charge in [0.25, 0.3) is 0 Å². The van der Waals surface area contributed by atoms with Crippen LogP contribution < -0.4 is 5.32 Å². The largest absolute Gasteiger partial charge is 0.314 e. The van der Waals surface area contributed by atoms with Crippen molar-refractivity contribution in [1.82, 2.24) is 5.32 Å². The van der Waals surface area contributed by atoms with E-state index in [0.717, 1.165) is 18.5 Å². The Hall–Kier alpha value is -0.600. The van der Waals surface area contributed by atoms with Crippen LogP contribution in [0, 0.1) is 17.2 Å². The van der Waals surface area contributed by atoms with Crippen LogP contribution in [0.4, 0.5) is 4.39 Å². The zero-order valence-electron chi connectivity index (χ0n) is 11.3. The number of halogens is 2. The first kappa shape index (κ1) is 13.8. The summed E-state index contributed by atoms with van der Waals surface area (Å²) >= 11 is 5.83. The van der Waals surface area contributed by atoms with E-state index in [2.05, 4.69) is 26.1 Å². The van der Waals surface area contributed by atoms with E-state index in [9.17, 15) is 4.39 Å². The summed E-state index contributed by atoms with van der Waals surface area (Å²) in [5.74, 6) is 0.369. The lowest BCUT2D eigenvalue weighted by Gasteiger charge is -2.20. The summed E-state index contributed by atoms with van der Waals surface area (Å²) in [7, 11) is 0. The predicted molar refractivity (Wildman–Crippen MR) is 74.5 cm³/mol. The van der Waals surface area contributed by atoms with Gasteiger partial charge in [0.1, 0.15) is 5.82 Å². The number of likely N-dealkylation sites (N-methyl/N-ethyl adjacent to an activating group) is 1. The molecule has 2 atom stereocenters. The van der Waals surface area contributed by atoms with E-state index in [4.69, 9.17) is 11.6 Å². The Labute approximate surface area is 114 Å². The van der Waals surface area contributed by atoms with Crippen molar-refractivity contribution in [2.75, 3.05) is 6.54 Å². The van der Waals surface area contributed by atoms with Gasteiger partial charge in [-0.05, 0) is 48.4 Å². The topological polar surface area (TPSA) is 12.0 Å². The lowest BCUT2D eigenvalue weighted by molar-refractivity contribution is 0.409. The second-order valence-electron chi connectivity index (χ2n) is 5.92. The van der Waals surface area contributed by atoms with Gasteiger partial charge in [0.15, 0.2) is 0 Å². The lowest BCUT2D eigenvalue weighted by Crippen LogP contribution is -2.34. The van der Waals surface area contributed by atoms with Gasteiger partial charge in [-0.1, -0.05) is 38.4 Å². The van der Waals surface area contributed by atoms with Gasteiger partial charge in [-0.3, -0.25) is 0 Å². The lowest BCUT2D eigenvalue weighted by atomic mass is 9.97. The van der Waals surface area contributed by atoms with Crippen molar-refractivity contribution in [3.05, 3.63) is 34.6 Å². The number of hydrogen-bond acceptors (Lipinski definition) is 1. The maximum atomic E-state index is 13.1. The fraction of sp³-hybridized carbons (Fsp3) is 0.600. The molecule has 0 spiro atoms. The van der Waals surface area contributed by atoms with Gasteiger partial charge in [-0.15, -0.1) is 0 Å². The minimum Gasteiger partial charge on any atom is -0.314 e. The van der Waals surface area contributed by atoms with E-state index in [1.807, 2.05) is 6.07 Å². The average molecular weight is 270 g/mol. The van der Waals surface area contributed by atoms with Crippen molar-refractivity contribution in [3.8, 4) is 0 Å². The van der Waals surface area contributed by atoms with Gasteiger partial charge in [-0.2, -0.15) is 0 Å². The zero-order valence-corrected chi connectivity index (χ0v) is 12.0. The maximum absolute atomic E-state index is 13.1. The summed E-state index contributed by atoms with van der Waals surface area (Å²) in [6.07, 6.45) is 2.18. The van der Waals surface area contributed by atoms with Gasteiger partial charge in [0.05, 0.1) is 5.02 Å². The molecule has 1 N–H and O–H groups in total. The summed E-state index contributed by atoms with van der Waals surface area (Å²) in [5.41, 5.74) is 1.55. The number of benzene rings is 1. The molecule has 0 heterocycles. The summed E-state index contributed by atoms with van der Waals surface area (Å²) in [6, 6.07) is 5.50. The highest BCUT2D eigenvalue weighted by atomic mass is 35.5. The molecule has 1 saturated carbocycles. The Morgan fingerprint density at radius 1 is 1.50 bits per heavy atom. The molecule has 0 radical (unpaired) electrons. The first-order chi connectivity index (χ1) is 8.44. The first-order valence-corrected chi connectivity index (χ1v) is 6.99. The zero-order chi connectivity index (χ0) is 13.3. The van der Waals surface area contributed by atoms with Crippen LogP contribution in [-0.2, 0) is 6.42 Å². The quantitative estimate of drug-likeness (QED) is 0.850. The Balaban J connectivity index is 2.07. The molecule has 0 saturated heterocycles. The molecule has 0 aromatic heterocycles. The van der Waals surface area contributed by atoms with Gasteiger partial charge in [-0.25, -0.2) is 4.39 Å². The van der Waals surface area contributed by atoms with Crippen LogP contribution in [0.2, 0.25) is 5.02 Å². The van der Waals surface area contributed by atoms with Crippen molar-refractivity contribution in [2.45, 2.75) is 39.7 Å². The summed E-state index contributed by atoms with van der Waals surface area (Å²) in [5, 5.41) is 3.77. The molecule has 100 valence electrons. The smallest absolute Gasteiger partial charge is 0.141 e. The molecular formula is C15H21ClFN. The number of nitrogens with one attached hydrogen (secondary N) is 1. The maximum Gasteiger partial charge on any atom is 0.141 e. The third kappa shape index (κ3) is 3.04. The van der Waals surface area contributed by atoms with Gasteiger partial charge in [0.2, 0.25) is 0 Å². The molecule has 1 aliphatic rings. The van der Waals surface area contributed by atoms with E-state index in [1.54, 1.807) is 6.07 Å². The van der Waals surface area contributed by atoms with Crippen LogP contribution in [-0.4, -0.2) is 12.6 Å². The van der Waals surface area contributed by atoms with Gasteiger partial charge in [0, 0.05) is 6.04 Å². The fourth-order valence-electron chi connectivity index (χ4n) is 2.73. The Bertz CT molecular complexity index is 431. The molecular weight excluding hydrogens is 249 g/mol. The highest BCUT2D eigenvalue weighted by Gasteiger charge is 2.49. The third-order valence-electron chi connectivity index (χ3n) is 3.98. The Morgan fingerprint density at radius 3 is 2.67 bits per heavy atom. The van der Waals surface area contributed by atoms with Crippen LogP contribution in [0.15, 0.2) is 18.2 Å². The molecule has 1 aromatic carbocycles. The predicted octanol–water partition coefficient (Wildman–Crippen LogP) is 4.05. The molecule has 3 heteroatoms. The molecule has 1 aromatic rings. The summed E-state index contributed by atoms with van der Waals surface area (Å²) in [6.45, 7) is 7.70.